The molecule has 0 aromatic heterocycles. The van der Waals surface area contributed by atoms with Crippen molar-refractivity contribution in [3.63, 3.8) is 0 Å². The van der Waals surface area contributed by atoms with Crippen LogP contribution in [0.2, 0.25) is 0 Å². The van der Waals surface area contributed by atoms with Crippen LogP contribution < -0.4 is 10.6 Å². The zero-order valence-corrected chi connectivity index (χ0v) is 15.9. The molecule has 4 amide bonds. The third-order valence-electron chi connectivity index (χ3n) is 4.51. The third kappa shape index (κ3) is 4.98. The number of benzene rings is 2. The lowest BCUT2D eigenvalue weighted by atomic mass is 10.1. The van der Waals surface area contributed by atoms with Crippen LogP contribution in [0.25, 0.3) is 0 Å². The Morgan fingerprint density at radius 1 is 1.10 bits per heavy atom. The van der Waals surface area contributed by atoms with E-state index in [4.69, 9.17) is 4.74 Å². The van der Waals surface area contributed by atoms with Gasteiger partial charge in [-0.1, -0.05) is 48.5 Å². The molecule has 3 rings (SSSR count). The van der Waals surface area contributed by atoms with Crippen molar-refractivity contribution in [2.45, 2.75) is 19.5 Å². The Kier molecular flexibility index (Phi) is 6.23. The number of carbonyl (C=O) groups excluding carboxylic acids is 4. The molecule has 2 aromatic rings. The Bertz CT molecular complexity index is 913. The second-order valence-corrected chi connectivity index (χ2v) is 6.57. The van der Waals surface area contributed by atoms with E-state index in [1.54, 1.807) is 18.2 Å². The summed E-state index contributed by atoms with van der Waals surface area (Å²) in [6.07, 6.45) is 0. The van der Waals surface area contributed by atoms with Gasteiger partial charge < -0.3 is 15.4 Å². The molecule has 150 valence electrons. The highest BCUT2D eigenvalue weighted by Gasteiger charge is 2.29. The Morgan fingerprint density at radius 3 is 2.48 bits per heavy atom. The van der Waals surface area contributed by atoms with Gasteiger partial charge in [-0.15, -0.1) is 0 Å². The smallest absolute Gasteiger partial charge is 0.338 e. The summed E-state index contributed by atoms with van der Waals surface area (Å²) in [6.45, 7) is 1.29. The Balaban J connectivity index is 1.59. The molecule has 0 bridgehead atoms. The first kappa shape index (κ1) is 20.1. The molecule has 8 nitrogen and oxygen atoms in total. The summed E-state index contributed by atoms with van der Waals surface area (Å²) in [7, 11) is 0. The van der Waals surface area contributed by atoms with Crippen LogP contribution in [0, 0.1) is 0 Å². The van der Waals surface area contributed by atoms with E-state index in [1.165, 1.54) is 6.07 Å². The summed E-state index contributed by atoms with van der Waals surface area (Å²) >= 11 is 0. The fraction of sp³-hybridized carbons (Fsp3) is 0.238. The van der Waals surface area contributed by atoms with E-state index in [9.17, 15) is 19.2 Å². The molecule has 0 spiro atoms. The number of hydrogen-bond acceptors (Lipinski definition) is 5. The minimum absolute atomic E-state index is 0.0484. The van der Waals surface area contributed by atoms with Crippen molar-refractivity contribution in [1.82, 2.24) is 15.5 Å². The number of amides is 4. The Morgan fingerprint density at radius 2 is 1.79 bits per heavy atom. The molecule has 0 radical (unpaired) electrons. The number of nitrogens with zero attached hydrogens (tertiary/aromatic N) is 1. The lowest BCUT2D eigenvalue weighted by Gasteiger charge is -2.16. The summed E-state index contributed by atoms with van der Waals surface area (Å²) in [4.78, 5) is 49.1. The number of esters is 1. The molecule has 1 unspecified atom stereocenters. The number of imide groups is 1. The highest BCUT2D eigenvalue weighted by atomic mass is 16.5. The number of ether oxygens (including phenoxy) is 1. The normalized spacial score (nSPS) is 14.3. The average molecular weight is 395 g/mol. The zero-order valence-electron chi connectivity index (χ0n) is 15.9. The first-order chi connectivity index (χ1) is 14.0. The Labute approximate surface area is 167 Å². The van der Waals surface area contributed by atoms with Gasteiger partial charge in [0.15, 0.2) is 6.61 Å². The zero-order chi connectivity index (χ0) is 20.8. The second-order valence-electron chi connectivity index (χ2n) is 6.57. The van der Waals surface area contributed by atoms with Crippen LogP contribution in [0.15, 0.2) is 54.6 Å². The van der Waals surface area contributed by atoms with Crippen LogP contribution in [0.4, 0.5) is 4.79 Å². The third-order valence-corrected chi connectivity index (χ3v) is 4.51. The fourth-order valence-electron chi connectivity index (χ4n) is 2.96. The summed E-state index contributed by atoms with van der Waals surface area (Å²) in [5.74, 6) is -1.50. The monoisotopic (exact) mass is 395 g/mol. The molecule has 1 heterocycles. The van der Waals surface area contributed by atoms with Gasteiger partial charge in [-0.2, -0.15) is 0 Å². The predicted octanol–water partition coefficient (Wildman–Crippen LogP) is 1.77. The SMILES string of the molecule is CC(NC(=O)COC(=O)c1ccccc1CN1C(=O)CNC1=O)c1ccccc1. The van der Waals surface area contributed by atoms with E-state index in [-0.39, 0.29) is 30.6 Å². The number of rotatable bonds is 7. The summed E-state index contributed by atoms with van der Waals surface area (Å²) in [5, 5.41) is 5.19. The summed E-state index contributed by atoms with van der Waals surface area (Å²) in [6, 6.07) is 15.2. The van der Waals surface area contributed by atoms with Gasteiger partial charge in [0.25, 0.3) is 5.91 Å². The molecule has 0 aliphatic carbocycles. The highest BCUT2D eigenvalue weighted by molar-refractivity contribution is 6.02. The molecular weight excluding hydrogens is 374 g/mol. The van der Waals surface area contributed by atoms with E-state index in [0.717, 1.165) is 10.5 Å². The molecule has 29 heavy (non-hydrogen) atoms. The summed E-state index contributed by atoms with van der Waals surface area (Å²) < 4.78 is 5.13. The van der Waals surface area contributed by atoms with Crippen molar-refractivity contribution in [2.24, 2.45) is 0 Å². The van der Waals surface area contributed by atoms with Gasteiger partial charge in [-0.3, -0.25) is 14.5 Å². The van der Waals surface area contributed by atoms with E-state index in [2.05, 4.69) is 10.6 Å². The quantitative estimate of drug-likeness (QED) is 0.549. The van der Waals surface area contributed by atoms with E-state index in [0.29, 0.717) is 5.56 Å². The summed E-state index contributed by atoms with van der Waals surface area (Å²) in [5.41, 5.74) is 1.59. The van der Waals surface area contributed by atoms with Crippen LogP contribution >= 0.6 is 0 Å². The lowest BCUT2D eigenvalue weighted by molar-refractivity contribution is -0.125. The van der Waals surface area contributed by atoms with Crippen molar-refractivity contribution >= 4 is 23.8 Å². The highest BCUT2D eigenvalue weighted by Crippen LogP contribution is 2.15. The predicted molar refractivity (Wildman–Crippen MR) is 104 cm³/mol. The maximum Gasteiger partial charge on any atom is 0.338 e. The molecule has 1 saturated heterocycles. The molecular formula is C21H21N3O5. The van der Waals surface area contributed by atoms with Gasteiger partial charge in [-0.05, 0) is 24.1 Å². The topological polar surface area (TPSA) is 105 Å². The van der Waals surface area contributed by atoms with Crippen molar-refractivity contribution in [2.75, 3.05) is 13.2 Å². The second kappa shape index (κ2) is 9.01. The largest absolute Gasteiger partial charge is 0.452 e. The van der Waals surface area contributed by atoms with Gasteiger partial charge in [-0.25, -0.2) is 9.59 Å². The Hall–Kier alpha value is -3.68. The molecule has 2 aromatic carbocycles. The van der Waals surface area contributed by atoms with Crippen LogP contribution in [0.1, 0.15) is 34.5 Å². The lowest BCUT2D eigenvalue weighted by Crippen LogP contribution is -2.32. The first-order valence-electron chi connectivity index (χ1n) is 9.13. The maximum absolute atomic E-state index is 12.5. The van der Waals surface area contributed by atoms with Crippen LogP contribution in [0.5, 0.6) is 0 Å². The molecule has 8 heteroatoms. The molecule has 1 aliphatic rings. The van der Waals surface area contributed by atoms with Crippen LogP contribution in [-0.2, 0) is 20.9 Å². The molecule has 2 N–H and O–H groups in total. The van der Waals surface area contributed by atoms with Gasteiger partial charge in [0.2, 0.25) is 5.91 Å². The van der Waals surface area contributed by atoms with Crippen molar-refractivity contribution < 1.29 is 23.9 Å². The first-order valence-corrected chi connectivity index (χ1v) is 9.13. The number of carbonyl (C=O) groups is 4. The molecule has 1 atom stereocenters. The van der Waals surface area contributed by atoms with Gasteiger partial charge >= 0.3 is 12.0 Å². The molecule has 0 saturated carbocycles. The van der Waals surface area contributed by atoms with E-state index in [1.807, 2.05) is 37.3 Å². The minimum Gasteiger partial charge on any atom is -0.452 e. The number of nitrogens with one attached hydrogen (secondary N) is 2. The van der Waals surface area contributed by atoms with Crippen molar-refractivity contribution in [1.29, 1.82) is 0 Å². The minimum atomic E-state index is -0.699. The van der Waals surface area contributed by atoms with Crippen molar-refractivity contribution in [3.05, 3.63) is 71.3 Å². The van der Waals surface area contributed by atoms with Gasteiger partial charge in [0.1, 0.15) is 0 Å². The standard InChI is InChI=1S/C21H21N3O5/c1-14(15-7-3-2-4-8-15)23-18(25)13-29-20(27)17-10-6-5-9-16(17)12-24-19(26)11-22-21(24)28/h2-10,14H,11-13H2,1H3,(H,22,28)(H,23,25). The average Bonchev–Trinajstić information content (AvgIpc) is 3.05. The number of hydrogen-bond donors (Lipinski definition) is 2. The molecule has 1 fully saturated rings. The van der Waals surface area contributed by atoms with Crippen LogP contribution in [0.3, 0.4) is 0 Å². The van der Waals surface area contributed by atoms with Crippen LogP contribution in [-0.4, -0.2) is 41.9 Å². The maximum atomic E-state index is 12.5. The van der Waals surface area contributed by atoms with Crippen molar-refractivity contribution in [3.8, 4) is 0 Å². The van der Waals surface area contributed by atoms with Gasteiger partial charge in [0, 0.05) is 0 Å². The van der Waals surface area contributed by atoms with Gasteiger partial charge in [0.05, 0.1) is 24.7 Å². The van der Waals surface area contributed by atoms with E-state index >= 15 is 0 Å². The molecule has 1 aliphatic heterocycles. The number of urea groups is 1. The fourth-order valence-corrected chi connectivity index (χ4v) is 2.96. The van der Waals surface area contributed by atoms with E-state index < -0.39 is 24.5 Å².